The summed E-state index contributed by atoms with van der Waals surface area (Å²) >= 11 is 9.57. The number of hydrogen-bond donors (Lipinski definition) is 1. The maximum atomic E-state index is 6.21. The van der Waals surface area contributed by atoms with E-state index in [1.807, 2.05) is 22.8 Å². The molecule has 2 N–H and O–H groups in total. The molecule has 2 rings (SSSR count). The van der Waals surface area contributed by atoms with Gasteiger partial charge in [0, 0.05) is 21.5 Å². The number of aromatic nitrogens is 2. The molecule has 3 nitrogen and oxygen atoms in total. The Morgan fingerprint density at radius 1 is 1.50 bits per heavy atom. The van der Waals surface area contributed by atoms with Crippen molar-refractivity contribution in [3.63, 3.8) is 0 Å². The summed E-state index contributed by atoms with van der Waals surface area (Å²) in [5, 5.41) is 0.645. The van der Waals surface area contributed by atoms with Crippen molar-refractivity contribution in [2.45, 2.75) is 26.3 Å². The minimum absolute atomic E-state index is 0.423. The Labute approximate surface area is 132 Å². The minimum atomic E-state index is 0.423. The molecule has 1 heterocycles. The van der Waals surface area contributed by atoms with Crippen LogP contribution in [0.4, 0.5) is 5.82 Å². The lowest BCUT2D eigenvalue weighted by molar-refractivity contribution is 0.733. The molecule has 0 saturated heterocycles. The summed E-state index contributed by atoms with van der Waals surface area (Å²) in [6.07, 6.45) is 7.23. The SMILES string of the molecule is C#CCn1c(CCC)nc(-c2cc(Cl)ccc2Br)c1N. The number of rotatable bonds is 4. The van der Waals surface area contributed by atoms with Crippen LogP contribution in [-0.4, -0.2) is 9.55 Å². The van der Waals surface area contributed by atoms with Gasteiger partial charge >= 0.3 is 0 Å². The molecule has 0 radical (unpaired) electrons. The molecule has 0 saturated carbocycles. The first-order valence-electron chi connectivity index (χ1n) is 6.32. The Kier molecular flexibility index (Phi) is 4.74. The van der Waals surface area contributed by atoms with Gasteiger partial charge in [0.15, 0.2) is 0 Å². The number of nitrogen functional groups attached to an aromatic ring is 1. The first kappa shape index (κ1) is 15.0. The third-order valence-electron chi connectivity index (χ3n) is 2.99. The molecule has 0 amide bonds. The average Bonchev–Trinajstić information content (AvgIpc) is 2.71. The quantitative estimate of drug-likeness (QED) is 0.841. The van der Waals surface area contributed by atoms with Crippen molar-refractivity contribution in [3.8, 4) is 23.6 Å². The van der Waals surface area contributed by atoms with Gasteiger partial charge in [-0.05, 0) is 24.6 Å². The number of hydrogen-bond acceptors (Lipinski definition) is 2. The van der Waals surface area contributed by atoms with E-state index in [1.54, 1.807) is 0 Å². The van der Waals surface area contributed by atoms with Crippen molar-refractivity contribution in [2.24, 2.45) is 0 Å². The van der Waals surface area contributed by atoms with Gasteiger partial charge in [0.1, 0.15) is 17.3 Å². The van der Waals surface area contributed by atoms with Gasteiger partial charge in [-0.3, -0.25) is 0 Å². The monoisotopic (exact) mass is 351 g/mol. The number of halogens is 2. The molecular formula is C15H15BrClN3. The van der Waals surface area contributed by atoms with E-state index < -0.39 is 0 Å². The molecule has 2 aromatic rings. The van der Waals surface area contributed by atoms with Crippen molar-refractivity contribution >= 4 is 33.3 Å². The molecule has 0 fully saturated rings. The van der Waals surface area contributed by atoms with E-state index in [-0.39, 0.29) is 0 Å². The molecule has 0 spiro atoms. The summed E-state index contributed by atoms with van der Waals surface area (Å²) in [4.78, 5) is 4.64. The van der Waals surface area contributed by atoms with Crippen LogP contribution in [0.1, 0.15) is 19.2 Å². The Hall–Kier alpha value is -1.44. The predicted octanol–water partition coefficient (Wildman–Crippen LogP) is 4.13. The normalized spacial score (nSPS) is 10.5. The third-order valence-corrected chi connectivity index (χ3v) is 3.92. The highest BCUT2D eigenvalue weighted by atomic mass is 79.9. The molecule has 0 bridgehead atoms. The summed E-state index contributed by atoms with van der Waals surface area (Å²) in [7, 11) is 0. The first-order valence-corrected chi connectivity index (χ1v) is 7.49. The van der Waals surface area contributed by atoms with E-state index in [4.69, 9.17) is 23.8 Å². The molecule has 0 aliphatic carbocycles. The van der Waals surface area contributed by atoms with E-state index in [0.29, 0.717) is 17.4 Å². The van der Waals surface area contributed by atoms with Crippen LogP contribution in [-0.2, 0) is 13.0 Å². The van der Waals surface area contributed by atoms with Crippen LogP contribution < -0.4 is 5.73 Å². The van der Waals surface area contributed by atoms with Gasteiger partial charge in [0.05, 0.1) is 6.54 Å². The molecule has 1 aromatic heterocycles. The molecule has 0 aliphatic heterocycles. The standard InChI is InChI=1S/C15H15BrClN3/c1-3-5-13-19-14(15(18)20(13)8-4-2)11-9-10(17)6-7-12(11)16/h2,6-7,9H,3,5,8,18H2,1H3. The van der Waals surface area contributed by atoms with Crippen molar-refractivity contribution in [1.29, 1.82) is 0 Å². The third kappa shape index (κ3) is 2.84. The second-order valence-electron chi connectivity index (χ2n) is 4.43. The van der Waals surface area contributed by atoms with Crippen LogP contribution >= 0.6 is 27.5 Å². The van der Waals surface area contributed by atoms with Crippen LogP contribution in [0, 0.1) is 12.3 Å². The van der Waals surface area contributed by atoms with Gasteiger partial charge in [-0.25, -0.2) is 4.98 Å². The molecular weight excluding hydrogens is 338 g/mol. The number of nitrogens with zero attached hydrogens (tertiary/aromatic N) is 2. The van der Waals surface area contributed by atoms with Crippen molar-refractivity contribution in [1.82, 2.24) is 9.55 Å². The molecule has 5 heteroatoms. The van der Waals surface area contributed by atoms with E-state index in [0.717, 1.165) is 34.4 Å². The molecule has 0 unspecified atom stereocenters. The summed E-state index contributed by atoms with van der Waals surface area (Å²) in [6, 6.07) is 5.55. The average molecular weight is 353 g/mol. The van der Waals surface area contributed by atoms with Crippen LogP contribution in [0.3, 0.4) is 0 Å². The van der Waals surface area contributed by atoms with E-state index in [2.05, 4.69) is 33.8 Å². The van der Waals surface area contributed by atoms with Crippen LogP contribution in [0.5, 0.6) is 0 Å². The first-order chi connectivity index (χ1) is 9.58. The second-order valence-corrected chi connectivity index (χ2v) is 5.72. The minimum Gasteiger partial charge on any atom is -0.383 e. The number of nitrogens with two attached hydrogens (primary N) is 1. The van der Waals surface area contributed by atoms with Crippen molar-refractivity contribution in [3.05, 3.63) is 33.5 Å². The zero-order chi connectivity index (χ0) is 14.7. The highest BCUT2D eigenvalue weighted by Gasteiger charge is 2.17. The Balaban J connectivity index is 2.60. The van der Waals surface area contributed by atoms with Gasteiger partial charge in [-0.2, -0.15) is 0 Å². The molecule has 0 atom stereocenters. The zero-order valence-corrected chi connectivity index (χ0v) is 13.5. The van der Waals surface area contributed by atoms with Gasteiger partial charge in [0.25, 0.3) is 0 Å². The molecule has 20 heavy (non-hydrogen) atoms. The lowest BCUT2D eigenvalue weighted by Crippen LogP contribution is -2.06. The highest BCUT2D eigenvalue weighted by Crippen LogP contribution is 2.34. The number of terminal acetylenes is 1. The van der Waals surface area contributed by atoms with Crippen LogP contribution in [0.15, 0.2) is 22.7 Å². The summed E-state index contributed by atoms with van der Waals surface area (Å²) < 4.78 is 2.79. The van der Waals surface area contributed by atoms with E-state index in [1.165, 1.54) is 0 Å². The Morgan fingerprint density at radius 2 is 2.25 bits per heavy atom. The molecule has 1 aromatic carbocycles. The Morgan fingerprint density at radius 3 is 2.90 bits per heavy atom. The highest BCUT2D eigenvalue weighted by molar-refractivity contribution is 9.10. The fourth-order valence-corrected chi connectivity index (χ4v) is 2.68. The van der Waals surface area contributed by atoms with Gasteiger partial charge < -0.3 is 10.3 Å². The zero-order valence-electron chi connectivity index (χ0n) is 11.2. The van der Waals surface area contributed by atoms with Gasteiger partial charge in [-0.15, -0.1) is 6.42 Å². The lowest BCUT2D eigenvalue weighted by Gasteiger charge is -2.06. The van der Waals surface area contributed by atoms with Gasteiger partial charge in [0.2, 0.25) is 0 Å². The fraction of sp³-hybridized carbons (Fsp3) is 0.267. The lowest BCUT2D eigenvalue weighted by atomic mass is 10.1. The topological polar surface area (TPSA) is 43.8 Å². The van der Waals surface area contributed by atoms with Gasteiger partial charge in [-0.1, -0.05) is 40.4 Å². The van der Waals surface area contributed by atoms with Crippen molar-refractivity contribution in [2.75, 3.05) is 5.73 Å². The number of benzene rings is 1. The van der Waals surface area contributed by atoms with E-state index >= 15 is 0 Å². The fourth-order valence-electron chi connectivity index (χ4n) is 2.07. The number of aryl methyl sites for hydroxylation is 1. The largest absolute Gasteiger partial charge is 0.383 e. The smallest absolute Gasteiger partial charge is 0.132 e. The van der Waals surface area contributed by atoms with Crippen LogP contribution in [0.2, 0.25) is 5.02 Å². The van der Waals surface area contributed by atoms with Crippen molar-refractivity contribution < 1.29 is 0 Å². The predicted molar refractivity (Wildman–Crippen MR) is 87.6 cm³/mol. The van der Waals surface area contributed by atoms with E-state index in [9.17, 15) is 0 Å². The summed E-state index contributed by atoms with van der Waals surface area (Å²) in [5.74, 6) is 4.10. The Bertz CT molecular complexity index is 670. The molecule has 104 valence electrons. The maximum absolute atomic E-state index is 6.21. The number of imidazole rings is 1. The molecule has 0 aliphatic rings. The summed E-state index contributed by atoms with van der Waals surface area (Å²) in [6.45, 7) is 2.52. The maximum Gasteiger partial charge on any atom is 0.132 e. The van der Waals surface area contributed by atoms with Crippen LogP contribution in [0.25, 0.3) is 11.3 Å². The summed E-state index contributed by atoms with van der Waals surface area (Å²) in [5.41, 5.74) is 7.81. The second kappa shape index (κ2) is 6.34. The number of anilines is 1.